The van der Waals surface area contributed by atoms with Crippen molar-refractivity contribution in [3.63, 3.8) is 0 Å². The minimum Gasteiger partial charge on any atom is -0.334 e. The average molecular weight is 254 g/mol. The second-order valence-electron chi connectivity index (χ2n) is 4.22. The standard InChI is InChI=1S/C12H9F3N2O/c13-7-2-3-8(14)10(15)9(7)11(18)17-12(6-16)4-1-5-12/h2-3H,1,4-5H2,(H,17,18). The summed E-state index contributed by atoms with van der Waals surface area (Å²) in [6.07, 6.45) is 1.60. The van der Waals surface area contributed by atoms with Crippen molar-refractivity contribution in [2.24, 2.45) is 0 Å². The van der Waals surface area contributed by atoms with Gasteiger partial charge in [0.2, 0.25) is 0 Å². The topological polar surface area (TPSA) is 52.9 Å². The van der Waals surface area contributed by atoms with Gasteiger partial charge in [0.15, 0.2) is 11.6 Å². The van der Waals surface area contributed by atoms with Gasteiger partial charge < -0.3 is 5.32 Å². The van der Waals surface area contributed by atoms with Crippen LogP contribution in [0.3, 0.4) is 0 Å². The Morgan fingerprint density at radius 2 is 1.89 bits per heavy atom. The van der Waals surface area contributed by atoms with Crippen molar-refractivity contribution >= 4 is 5.91 Å². The zero-order valence-corrected chi connectivity index (χ0v) is 9.27. The Morgan fingerprint density at radius 3 is 2.39 bits per heavy atom. The Bertz CT molecular complexity index is 547. The third-order valence-electron chi connectivity index (χ3n) is 3.04. The molecule has 0 spiro atoms. The van der Waals surface area contributed by atoms with Gasteiger partial charge in [-0.2, -0.15) is 5.26 Å². The lowest BCUT2D eigenvalue weighted by atomic mass is 9.78. The van der Waals surface area contributed by atoms with Gasteiger partial charge in [0, 0.05) is 0 Å². The normalized spacial score (nSPS) is 16.6. The molecule has 0 bridgehead atoms. The van der Waals surface area contributed by atoms with Crippen LogP contribution in [0.5, 0.6) is 0 Å². The molecule has 1 aromatic rings. The van der Waals surface area contributed by atoms with E-state index in [1.807, 2.05) is 6.07 Å². The molecule has 1 aromatic carbocycles. The van der Waals surface area contributed by atoms with Crippen LogP contribution < -0.4 is 5.32 Å². The summed E-state index contributed by atoms with van der Waals surface area (Å²) in [4.78, 5) is 11.7. The zero-order valence-electron chi connectivity index (χ0n) is 9.27. The molecule has 2 rings (SSSR count). The molecule has 1 aliphatic rings. The number of benzene rings is 1. The molecule has 0 radical (unpaired) electrons. The first-order chi connectivity index (χ1) is 8.49. The third-order valence-corrected chi connectivity index (χ3v) is 3.04. The molecule has 0 aliphatic heterocycles. The summed E-state index contributed by atoms with van der Waals surface area (Å²) in [6, 6.07) is 3.17. The van der Waals surface area contributed by atoms with Gasteiger partial charge in [-0.3, -0.25) is 4.79 Å². The molecule has 18 heavy (non-hydrogen) atoms. The first-order valence-corrected chi connectivity index (χ1v) is 5.36. The highest BCUT2D eigenvalue weighted by Gasteiger charge is 2.39. The van der Waals surface area contributed by atoms with Gasteiger partial charge in [-0.1, -0.05) is 0 Å². The van der Waals surface area contributed by atoms with Gasteiger partial charge in [0.05, 0.1) is 6.07 Å². The van der Waals surface area contributed by atoms with Gasteiger partial charge in [0.1, 0.15) is 16.9 Å². The minimum atomic E-state index is -1.54. The van der Waals surface area contributed by atoms with Crippen molar-refractivity contribution < 1.29 is 18.0 Å². The Hall–Kier alpha value is -2.03. The van der Waals surface area contributed by atoms with Gasteiger partial charge >= 0.3 is 0 Å². The van der Waals surface area contributed by atoms with Gasteiger partial charge in [-0.05, 0) is 31.4 Å². The maximum atomic E-state index is 13.4. The number of hydrogen-bond donors (Lipinski definition) is 1. The SMILES string of the molecule is N#CC1(NC(=O)c2c(F)ccc(F)c2F)CCC1. The Morgan fingerprint density at radius 1 is 1.28 bits per heavy atom. The van der Waals surface area contributed by atoms with E-state index in [-0.39, 0.29) is 0 Å². The van der Waals surface area contributed by atoms with Crippen molar-refractivity contribution in [3.05, 3.63) is 35.1 Å². The number of halogens is 3. The average Bonchev–Trinajstić information content (AvgIpc) is 2.29. The molecule has 0 atom stereocenters. The Labute approximate surface area is 101 Å². The summed E-state index contributed by atoms with van der Waals surface area (Å²) in [5, 5.41) is 11.2. The second-order valence-corrected chi connectivity index (χ2v) is 4.22. The Balaban J connectivity index is 2.30. The highest BCUT2D eigenvalue weighted by atomic mass is 19.2. The van der Waals surface area contributed by atoms with Crippen molar-refractivity contribution in [1.29, 1.82) is 5.26 Å². The first-order valence-electron chi connectivity index (χ1n) is 5.36. The van der Waals surface area contributed by atoms with Crippen LogP contribution in [-0.2, 0) is 0 Å². The number of nitriles is 1. The molecule has 0 saturated heterocycles. The molecule has 0 heterocycles. The number of hydrogen-bond acceptors (Lipinski definition) is 2. The van der Waals surface area contributed by atoms with Crippen LogP contribution in [0.25, 0.3) is 0 Å². The van der Waals surface area contributed by atoms with Gasteiger partial charge in [-0.25, -0.2) is 13.2 Å². The highest BCUT2D eigenvalue weighted by Crippen LogP contribution is 2.31. The lowest BCUT2D eigenvalue weighted by Crippen LogP contribution is -2.52. The number of rotatable bonds is 2. The third kappa shape index (κ3) is 1.92. The van der Waals surface area contributed by atoms with Crippen LogP contribution in [-0.4, -0.2) is 11.4 Å². The summed E-state index contributed by atoms with van der Waals surface area (Å²) in [5.41, 5.74) is -2.07. The molecule has 6 heteroatoms. The van der Waals surface area contributed by atoms with Crippen LogP contribution in [0.1, 0.15) is 29.6 Å². The van der Waals surface area contributed by atoms with E-state index in [9.17, 15) is 18.0 Å². The van der Waals surface area contributed by atoms with Crippen LogP contribution in [0.2, 0.25) is 0 Å². The van der Waals surface area contributed by atoms with Crippen molar-refractivity contribution in [3.8, 4) is 6.07 Å². The fourth-order valence-corrected chi connectivity index (χ4v) is 1.81. The van der Waals surface area contributed by atoms with E-state index in [1.165, 1.54) is 0 Å². The predicted molar refractivity (Wildman–Crippen MR) is 56.0 cm³/mol. The number of carbonyl (C=O) groups is 1. The molecule has 1 saturated carbocycles. The van der Waals surface area contributed by atoms with E-state index in [4.69, 9.17) is 5.26 Å². The fourth-order valence-electron chi connectivity index (χ4n) is 1.81. The number of nitrogens with one attached hydrogen (secondary N) is 1. The summed E-state index contributed by atoms with van der Waals surface area (Å²) < 4.78 is 39.6. The van der Waals surface area contributed by atoms with E-state index in [2.05, 4.69) is 5.32 Å². The largest absolute Gasteiger partial charge is 0.334 e. The summed E-state index contributed by atoms with van der Waals surface area (Å²) >= 11 is 0. The van der Waals surface area contributed by atoms with Gasteiger partial charge in [-0.15, -0.1) is 0 Å². The summed E-state index contributed by atoms with van der Waals surface area (Å²) in [6.45, 7) is 0. The van der Waals surface area contributed by atoms with E-state index < -0.39 is 34.5 Å². The number of carbonyl (C=O) groups excluding carboxylic acids is 1. The first kappa shape index (κ1) is 12.4. The molecular formula is C12H9F3N2O. The molecule has 3 nitrogen and oxygen atoms in total. The second kappa shape index (κ2) is 4.33. The quantitative estimate of drug-likeness (QED) is 0.823. The lowest BCUT2D eigenvalue weighted by Gasteiger charge is -2.35. The van der Waals surface area contributed by atoms with Crippen LogP contribution in [0, 0.1) is 28.8 Å². The monoisotopic (exact) mass is 254 g/mol. The molecule has 94 valence electrons. The summed E-state index contributed by atoms with van der Waals surface area (Å²) in [5.74, 6) is -5.11. The molecular weight excluding hydrogens is 245 g/mol. The highest BCUT2D eigenvalue weighted by molar-refractivity contribution is 5.95. The van der Waals surface area contributed by atoms with E-state index in [1.54, 1.807) is 0 Å². The van der Waals surface area contributed by atoms with Crippen molar-refractivity contribution in [1.82, 2.24) is 5.32 Å². The Kier molecular flexibility index (Phi) is 2.99. The van der Waals surface area contributed by atoms with Crippen LogP contribution in [0.4, 0.5) is 13.2 Å². The smallest absolute Gasteiger partial charge is 0.258 e. The fraction of sp³-hybridized carbons (Fsp3) is 0.333. The van der Waals surface area contributed by atoms with Crippen molar-refractivity contribution in [2.45, 2.75) is 24.8 Å². The van der Waals surface area contributed by atoms with E-state index in [0.29, 0.717) is 25.0 Å². The van der Waals surface area contributed by atoms with E-state index >= 15 is 0 Å². The molecule has 1 fully saturated rings. The summed E-state index contributed by atoms with van der Waals surface area (Å²) in [7, 11) is 0. The number of nitrogens with zero attached hydrogens (tertiary/aromatic N) is 1. The molecule has 0 unspecified atom stereocenters. The van der Waals surface area contributed by atoms with Crippen LogP contribution in [0.15, 0.2) is 12.1 Å². The molecule has 1 amide bonds. The van der Waals surface area contributed by atoms with E-state index in [0.717, 1.165) is 6.42 Å². The predicted octanol–water partition coefficient (Wildman–Crippen LogP) is 2.28. The maximum Gasteiger partial charge on any atom is 0.258 e. The minimum absolute atomic E-state index is 0.424. The molecule has 1 N–H and O–H groups in total. The molecule has 1 aliphatic carbocycles. The maximum absolute atomic E-state index is 13.4. The zero-order chi connectivity index (χ0) is 13.3. The van der Waals surface area contributed by atoms with Crippen LogP contribution >= 0.6 is 0 Å². The number of amides is 1. The van der Waals surface area contributed by atoms with Gasteiger partial charge in [0.25, 0.3) is 5.91 Å². The molecule has 0 aromatic heterocycles. The lowest BCUT2D eigenvalue weighted by molar-refractivity contribution is 0.0871. The van der Waals surface area contributed by atoms with Crippen molar-refractivity contribution in [2.75, 3.05) is 0 Å².